The number of urea groups is 1. The van der Waals surface area contributed by atoms with Crippen molar-refractivity contribution in [3.8, 4) is 0 Å². The Labute approximate surface area is 192 Å². The zero-order chi connectivity index (χ0) is 24.3. The topological polar surface area (TPSA) is 88.5 Å². The fraction of sp³-hybridized carbons (Fsp3) is 0.682. The summed E-state index contributed by atoms with van der Waals surface area (Å²) >= 11 is 0. The second-order valence-corrected chi connectivity index (χ2v) is 9.78. The first-order valence-electron chi connectivity index (χ1n) is 11.6. The third kappa shape index (κ3) is 4.56. The number of nitrogens with two attached hydrogens (primary N) is 1. The molecule has 3 fully saturated rings. The molecule has 7 nitrogen and oxygen atoms in total. The number of carbonyl (C=O) groups excluding carboxylic acids is 1. The van der Waals surface area contributed by atoms with Crippen LogP contribution < -0.4 is 11.1 Å². The standard InChI is InChI=1S/C22H27F5N6O/c23-21(24)6-3-12(4-7-21)18(28)15-11-33-17(30-15)9-14(10-29-33)19(13-1-2-13)32-8-5-16(22(25,26)27)31-20(32)34/h9-13,16,18-19H,1-8,28H2,(H,31,34)/t16?,18-,19+/m0/s1. The van der Waals surface area contributed by atoms with Crippen LogP contribution in [-0.4, -0.2) is 50.2 Å². The quantitative estimate of drug-likeness (QED) is 0.615. The highest BCUT2D eigenvalue weighted by Gasteiger charge is 2.47. The summed E-state index contributed by atoms with van der Waals surface area (Å²) in [5.74, 6) is -2.58. The van der Waals surface area contributed by atoms with E-state index in [0.29, 0.717) is 29.7 Å². The normalized spacial score (nSPS) is 25.9. The number of hydrogen-bond acceptors (Lipinski definition) is 4. The molecule has 0 radical (unpaired) electrons. The van der Waals surface area contributed by atoms with E-state index in [-0.39, 0.29) is 43.7 Å². The summed E-state index contributed by atoms with van der Waals surface area (Å²) in [6.07, 6.45) is 0.642. The van der Waals surface area contributed by atoms with E-state index < -0.39 is 30.2 Å². The predicted octanol–water partition coefficient (Wildman–Crippen LogP) is 4.35. The third-order valence-electron chi connectivity index (χ3n) is 7.33. The molecule has 1 unspecified atom stereocenters. The van der Waals surface area contributed by atoms with Crippen LogP contribution >= 0.6 is 0 Å². The molecule has 186 valence electrons. The number of alkyl halides is 5. The van der Waals surface area contributed by atoms with Crippen LogP contribution in [0.1, 0.15) is 68.3 Å². The van der Waals surface area contributed by atoms with E-state index in [1.807, 2.05) is 0 Å². The molecule has 3 heterocycles. The van der Waals surface area contributed by atoms with Gasteiger partial charge in [0.1, 0.15) is 6.04 Å². The van der Waals surface area contributed by atoms with Gasteiger partial charge in [0, 0.05) is 19.4 Å². The second-order valence-electron chi connectivity index (χ2n) is 9.78. The van der Waals surface area contributed by atoms with E-state index in [2.05, 4.69) is 15.4 Å². The van der Waals surface area contributed by atoms with Crippen LogP contribution in [0.2, 0.25) is 0 Å². The Balaban J connectivity index is 1.35. The highest BCUT2D eigenvalue weighted by molar-refractivity contribution is 5.76. The van der Waals surface area contributed by atoms with Crippen molar-refractivity contribution in [3.63, 3.8) is 0 Å². The minimum Gasteiger partial charge on any atom is -0.326 e. The maximum atomic E-state index is 13.5. The Hall–Kier alpha value is -2.50. The van der Waals surface area contributed by atoms with Gasteiger partial charge < -0.3 is 16.0 Å². The van der Waals surface area contributed by atoms with Gasteiger partial charge in [0.15, 0.2) is 5.65 Å². The first kappa shape index (κ1) is 23.3. The lowest BCUT2D eigenvalue weighted by atomic mass is 9.81. The number of halogens is 5. The van der Waals surface area contributed by atoms with Gasteiger partial charge in [-0.25, -0.2) is 23.1 Å². The Morgan fingerprint density at radius 2 is 1.82 bits per heavy atom. The fourth-order valence-electron chi connectivity index (χ4n) is 5.20. The summed E-state index contributed by atoms with van der Waals surface area (Å²) in [5, 5.41) is 6.49. The first-order valence-corrected chi connectivity index (χ1v) is 11.6. The van der Waals surface area contributed by atoms with Crippen molar-refractivity contribution in [2.45, 2.75) is 75.2 Å². The predicted molar refractivity (Wildman–Crippen MR) is 112 cm³/mol. The summed E-state index contributed by atoms with van der Waals surface area (Å²) in [7, 11) is 0. The largest absolute Gasteiger partial charge is 0.408 e. The first-order chi connectivity index (χ1) is 16.0. The fourth-order valence-corrected chi connectivity index (χ4v) is 5.20. The number of fused-ring (bicyclic) bond motifs is 1. The summed E-state index contributed by atoms with van der Waals surface area (Å²) in [4.78, 5) is 18.6. The van der Waals surface area contributed by atoms with Crippen molar-refractivity contribution in [3.05, 3.63) is 29.7 Å². The Bertz CT molecular complexity index is 1060. The van der Waals surface area contributed by atoms with Gasteiger partial charge in [0.05, 0.1) is 30.2 Å². The van der Waals surface area contributed by atoms with E-state index in [1.165, 1.54) is 4.90 Å². The van der Waals surface area contributed by atoms with Crippen molar-refractivity contribution in [2.24, 2.45) is 17.6 Å². The minimum absolute atomic E-state index is 0.000759. The molecule has 2 saturated carbocycles. The lowest BCUT2D eigenvalue weighted by Crippen LogP contribution is -2.57. The van der Waals surface area contributed by atoms with Crippen molar-refractivity contribution in [1.29, 1.82) is 0 Å². The number of carbonyl (C=O) groups is 1. The maximum Gasteiger partial charge on any atom is 0.408 e. The van der Waals surface area contributed by atoms with E-state index in [9.17, 15) is 26.7 Å². The van der Waals surface area contributed by atoms with Crippen molar-refractivity contribution < 1.29 is 26.7 Å². The Kier molecular flexibility index (Phi) is 5.69. The van der Waals surface area contributed by atoms with Gasteiger partial charge in [0.2, 0.25) is 5.92 Å². The van der Waals surface area contributed by atoms with Gasteiger partial charge in [-0.3, -0.25) is 0 Å². The van der Waals surface area contributed by atoms with Crippen LogP contribution in [0.5, 0.6) is 0 Å². The zero-order valence-electron chi connectivity index (χ0n) is 18.4. The lowest BCUT2D eigenvalue weighted by molar-refractivity contribution is -0.159. The van der Waals surface area contributed by atoms with Crippen molar-refractivity contribution in [2.75, 3.05) is 6.54 Å². The maximum absolute atomic E-state index is 13.5. The average Bonchev–Trinajstić information content (AvgIpc) is 3.51. The molecule has 12 heteroatoms. The molecule has 3 aliphatic rings. The van der Waals surface area contributed by atoms with Gasteiger partial charge in [-0.1, -0.05) is 0 Å². The highest BCUT2D eigenvalue weighted by Crippen LogP contribution is 2.46. The molecule has 2 aliphatic carbocycles. The molecular formula is C22H27F5N6O. The van der Waals surface area contributed by atoms with E-state index >= 15 is 0 Å². The van der Waals surface area contributed by atoms with Crippen LogP contribution in [0.25, 0.3) is 5.65 Å². The lowest BCUT2D eigenvalue weighted by Gasteiger charge is -2.38. The summed E-state index contributed by atoms with van der Waals surface area (Å²) in [6.45, 7) is -0.000759. The third-order valence-corrected chi connectivity index (χ3v) is 7.33. The molecule has 1 aliphatic heterocycles. The highest BCUT2D eigenvalue weighted by atomic mass is 19.4. The van der Waals surface area contributed by atoms with Gasteiger partial charge in [-0.15, -0.1) is 0 Å². The molecule has 2 amide bonds. The molecular weight excluding hydrogens is 459 g/mol. The van der Waals surface area contributed by atoms with Crippen molar-refractivity contribution in [1.82, 2.24) is 24.8 Å². The van der Waals surface area contributed by atoms with Crippen LogP contribution in [0.3, 0.4) is 0 Å². The number of amides is 2. The monoisotopic (exact) mass is 486 g/mol. The Morgan fingerprint density at radius 3 is 2.44 bits per heavy atom. The molecule has 5 rings (SSSR count). The van der Waals surface area contributed by atoms with Gasteiger partial charge >= 0.3 is 12.2 Å². The number of nitrogens with one attached hydrogen (secondary N) is 1. The van der Waals surface area contributed by atoms with Crippen LogP contribution in [0.4, 0.5) is 26.7 Å². The molecule has 1 saturated heterocycles. The number of aromatic nitrogens is 3. The molecule has 34 heavy (non-hydrogen) atoms. The smallest absolute Gasteiger partial charge is 0.326 e. The number of hydrogen-bond donors (Lipinski definition) is 2. The molecule has 0 spiro atoms. The molecule has 3 atom stereocenters. The Morgan fingerprint density at radius 1 is 1.12 bits per heavy atom. The van der Waals surface area contributed by atoms with E-state index in [4.69, 9.17) is 5.73 Å². The van der Waals surface area contributed by atoms with Crippen LogP contribution in [0, 0.1) is 11.8 Å². The average molecular weight is 486 g/mol. The number of nitrogens with zero attached hydrogens (tertiary/aromatic N) is 4. The van der Waals surface area contributed by atoms with E-state index in [1.54, 1.807) is 23.0 Å². The van der Waals surface area contributed by atoms with Gasteiger partial charge in [-0.2, -0.15) is 18.3 Å². The minimum atomic E-state index is -4.48. The summed E-state index contributed by atoms with van der Waals surface area (Å²) < 4.78 is 67.7. The van der Waals surface area contributed by atoms with Gasteiger partial charge in [0.25, 0.3) is 0 Å². The molecule has 2 aromatic rings. The van der Waals surface area contributed by atoms with E-state index in [0.717, 1.165) is 12.8 Å². The molecule has 0 bridgehead atoms. The zero-order valence-corrected chi connectivity index (χ0v) is 18.4. The second kappa shape index (κ2) is 8.31. The summed E-state index contributed by atoms with van der Waals surface area (Å²) in [5.41, 5.74) is 8.13. The number of rotatable bonds is 5. The van der Waals surface area contributed by atoms with Crippen LogP contribution in [-0.2, 0) is 0 Å². The number of imidazole rings is 1. The van der Waals surface area contributed by atoms with Gasteiger partial charge in [-0.05, 0) is 55.6 Å². The molecule has 3 N–H and O–H groups in total. The molecule has 0 aromatic carbocycles. The van der Waals surface area contributed by atoms with Crippen LogP contribution in [0.15, 0.2) is 18.5 Å². The van der Waals surface area contributed by atoms with Crippen molar-refractivity contribution >= 4 is 11.7 Å². The SMILES string of the molecule is N[C@H](c1cn2ncc([C@@H](C3CC3)N3CCC(C(F)(F)F)NC3=O)cc2n1)C1CCC(F)(F)CC1. The molecule has 2 aromatic heterocycles. The summed E-state index contributed by atoms with van der Waals surface area (Å²) in [6, 6.07) is -1.67.